The van der Waals surface area contributed by atoms with Gasteiger partial charge in [0.15, 0.2) is 17.6 Å². The molecule has 0 heterocycles. The van der Waals surface area contributed by atoms with Crippen LogP contribution in [0.5, 0.6) is 11.5 Å². The van der Waals surface area contributed by atoms with E-state index in [1.54, 1.807) is 6.92 Å². The van der Waals surface area contributed by atoms with Crippen molar-refractivity contribution in [3.63, 3.8) is 0 Å². The van der Waals surface area contributed by atoms with E-state index < -0.39 is 12.1 Å². The van der Waals surface area contributed by atoms with Crippen LogP contribution in [0.25, 0.3) is 0 Å². The van der Waals surface area contributed by atoms with Gasteiger partial charge in [-0.05, 0) is 18.6 Å². The minimum Gasteiger partial charge on any atom is -0.504 e. The van der Waals surface area contributed by atoms with Crippen LogP contribution in [0.15, 0.2) is 10.5 Å². The van der Waals surface area contributed by atoms with Crippen molar-refractivity contribution in [2.45, 2.75) is 13.0 Å². The lowest BCUT2D eigenvalue weighted by atomic mass is 10.0. The molecule has 0 amide bonds. The molecule has 0 bridgehead atoms. The number of carboxylic acid groups (broad SMARTS) is 1. The molecule has 16 heavy (non-hydrogen) atoms. The molecule has 0 aliphatic heterocycles. The van der Waals surface area contributed by atoms with Crippen molar-refractivity contribution < 1.29 is 24.9 Å². The number of phenolic OH excluding ortho intramolecular Hbond substituents is 1. The van der Waals surface area contributed by atoms with E-state index in [1.165, 1.54) is 13.2 Å². The van der Waals surface area contributed by atoms with E-state index in [0.29, 0.717) is 10.0 Å². The molecule has 0 radical (unpaired) electrons. The number of rotatable bonds is 3. The summed E-state index contributed by atoms with van der Waals surface area (Å²) >= 11 is 3.16. The molecule has 1 atom stereocenters. The van der Waals surface area contributed by atoms with E-state index >= 15 is 0 Å². The first-order valence-electron chi connectivity index (χ1n) is 4.37. The standard InChI is InChI=1S/C10H11BrO5/c1-4-5(11)3-6(12)9(16-2)7(4)8(13)10(14)15/h3,8,12-13H,1-2H3,(H,14,15). The van der Waals surface area contributed by atoms with E-state index in [1.807, 2.05) is 0 Å². The van der Waals surface area contributed by atoms with Crippen molar-refractivity contribution in [2.24, 2.45) is 0 Å². The van der Waals surface area contributed by atoms with Gasteiger partial charge in [-0.2, -0.15) is 0 Å². The van der Waals surface area contributed by atoms with Crippen LogP contribution < -0.4 is 4.74 Å². The highest BCUT2D eigenvalue weighted by Crippen LogP contribution is 2.40. The molecular formula is C10H11BrO5. The number of benzene rings is 1. The van der Waals surface area contributed by atoms with Crippen LogP contribution in [-0.4, -0.2) is 28.4 Å². The lowest BCUT2D eigenvalue weighted by molar-refractivity contribution is -0.147. The minimum atomic E-state index is -1.74. The SMILES string of the molecule is COc1c(O)cc(Br)c(C)c1C(O)C(=O)O. The zero-order chi connectivity index (χ0) is 12.5. The highest BCUT2D eigenvalue weighted by molar-refractivity contribution is 9.10. The summed E-state index contributed by atoms with van der Waals surface area (Å²) in [5.74, 6) is -1.66. The smallest absolute Gasteiger partial charge is 0.337 e. The summed E-state index contributed by atoms with van der Waals surface area (Å²) in [4.78, 5) is 10.7. The number of aliphatic carboxylic acids is 1. The number of ether oxygens (including phenoxy) is 1. The molecule has 0 spiro atoms. The Bertz CT molecular complexity index is 430. The summed E-state index contributed by atoms with van der Waals surface area (Å²) in [7, 11) is 1.29. The average Bonchev–Trinajstić information content (AvgIpc) is 2.21. The Balaban J connectivity index is 3.50. The number of phenols is 1. The molecule has 1 aromatic carbocycles. The van der Waals surface area contributed by atoms with E-state index in [2.05, 4.69) is 15.9 Å². The van der Waals surface area contributed by atoms with Crippen LogP contribution >= 0.6 is 15.9 Å². The molecule has 0 saturated carbocycles. The second-order valence-electron chi connectivity index (χ2n) is 3.19. The maximum atomic E-state index is 10.7. The monoisotopic (exact) mass is 290 g/mol. The topological polar surface area (TPSA) is 87.0 Å². The molecule has 1 rings (SSSR count). The van der Waals surface area contributed by atoms with Gasteiger partial charge in [0.2, 0.25) is 0 Å². The summed E-state index contributed by atoms with van der Waals surface area (Å²) in [5.41, 5.74) is 0.548. The van der Waals surface area contributed by atoms with Crippen molar-refractivity contribution in [3.8, 4) is 11.5 Å². The van der Waals surface area contributed by atoms with Gasteiger partial charge in [0.25, 0.3) is 0 Å². The molecule has 3 N–H and O–H groups in total. The highest BCUT2D eigenvalue weighted by Gasteiger charge is 2.26. The van der Waals surface area contributed by atoms with Gasteiger partial charge in [0, 0.05) is 10.0 Å². The lowest BCUT2D eigenvalue weighted by Crippen LogP contribution is -2.13. The number of hydrogen-bond acceptors (Lipinski definition) is 4. The molecule has 0 fully saturated rings. The van der Waals surface area contributed by atoms with E-state index in [4.69, 9.17) is 9.84 Å². The van der Waals surface area contributed by atoms with Crippen molar-refractivity contribution >= 4 is 21.9 Å². The largest absolute Gasteiger partial charge is 0.504 e. The zero-order valence-electron chi connectivity index (χ0n) is 8.69. The molecule has 6 heteroatoms. The maximum Gasteiger partial charge on any atom is 0.337 e. The van der Waals surface area contributed by atoms with Crippen molar-refractivity contribution in [2.75, 3.05) is 7.11 Å². The van der Waals surface area contributed by atoms with Crippen molar-refractivity contribution in [3.05, 3.63) is 21.7 Å². The summed E-state index contributed by atoms with van der Waals surface area (Å²) in [6, 6.07) is 1.38. The molecule has 88 valence electrons. The fourth-order valence-corrected chi connectivity index (χ4v) is 1.83. The fourth-order valence-electron chi connectivity index (χ4n) is 1.40. The third kappa shape index (κ3) is 2.12. The summed E-state index contributed by atoms with van der Waals surface area (Å²) in [5, 5.41) is 27.9. The molecular weight excluding hydrogens is 280 g/mol. The predicted octanol–water partition coefficient (Wildman–Crippen LogP) is 1.59. The molecule has 1 unspecified atom stereocenters. The van der Waals surface area contributed by atoms with Gasteiger partial charge in [0.05, 0.1) is 7.11 Å². The Morgan fingerprint density at radius 1 is 1.56 bits per heavy atom. The van der Waals surface area contributed by atoms with Gasteiger partial charge < -0.3 is 20.1 Å². The van der Waals surface area contributed by atoms with Gasteiger partial charge in [-0.3, -0.25) is 0 Å². The zero-order valence-corrected chi connectivity index (χ0v) is 10.3. The lowest BCUT2D eigenvalue weighted by Gasteiger charge is -2.16. The summed E-state index contributed by atoms with van der Waals surface area (Å²) in [6.07, 6.45) is -1.74. The quantitative estimate of drug-likeness (QED) is 0.787. The Hall–Kier alpha value is -1.27. The van der Waals surface area contributed by atoms with Crippen LogP contribution in [0.1, 0.15) is 17.2 Å². The fraction of sp³-hybridized carbons (Fsp3) is 0.300. The number of aliphatic hydroxyl groups is 1. The summed E-state index contributed by atoms with van der Waals surface area (Å²) < 4.78 is 5.39. The van der Waals surface area contributed by atoms with Crippen LogP contribution in [0.3, 0.4) is 0 Å². The Morgan fingerprint density at radius 3 is 2.56 bits per heavy atom. The predicted molar refractivity (Wildman–Crippen MR) is 59.7 cm³/mol. The highest BCUT2D eigenvalue weighted by atomic mass is 79.9. The number of carboxylic acids is 1. The first-order chi connectivity index (χ1) is 7.40. The van der Waals surface area contributed by atoms with Crippen molar-refractivity contribution in [1.82, 2.24) is 0 Å². The third-order valence-corrected chi connectivity index (χ3v) is 3.04. The van der Waals surface area contributed by atoms with Crippen LogP contribution in [0.4, 0.5) is 0 Å². The van der Waals surface area contributed by atoms with Gasteiger partial charge >= 0.3 is 5.97 Å². The van der Waals surface area contributed by atoms with Gasteiger partial charge in [-0.15, -0.1) is 0 Å². The second-order valence-corrected chi connectivity index (χ2v) is 4.04. The van der Waals surface area contributed by atoms with Crippen LogP contribution in [0.2, 0.25) is 0 Å². The van der Waals surface area contributed by atoms with Gasteiger partial charge in [-0.25, -0.2) is 4.79 Å². The van der Waals surface area contributed by atoms with Crippen molar-refractivity contribution in [1.29, 1.82) is 0 Å². The van der Waals surface area contributed by atoms with Crippen LogP contribution in [0, 0.1) is 6.92 Å². The second kappa shape index (κ2) is 4.71. The Morgan fingerprint density at radius 2 is 2.12 bits per heavy atom. The van der Waals surface area contributed by atoms with Crippen LogP contribution in [-0.2, 0) is 4.79 Å². The molecule has 0 saturated heterocycles. The first-order valence-corrected chi connectivity index (χ1v) is 5.16. The van der Waals surface area contributed by atoms with E-state index in [0.717, 1.165) is 0 Å². The Kier molecular flexibility index (Phi) is 3.77. The number of aliphatic hydroxyl groups excluding tert-OH is 1. The van der Waals surface area contributed by atoms with E-state index in [9.17, 15) is 15.0 Å². The van der Waals surface area contributed by atoms with E-state index in [-0.39, 0.29) is 17.1 Å². The number of hydrogen-bond donors (Lipinski definition) is 3. The first kappa shape index (κ1) is 12.8. The number of methoxy groups -OCH3 is 1. The minimum absolute atomic E-state index is 0.0319. The molecule has 0 aliphatic rings. The maximum absolute atomic E-state index is 10.7. The number of carbonyl (C=O) groups is 1. The molecule has 0 aliphatic carbocycles. The summed E-state index contributed by atoms with van der Waals surface area (Å²) in [6.45, 7) is 1.62. The third-order valence-electron chi connectivity index (χ3n) is 2.21. The average molecular weight is 291 g/mol. The van der Waals surface area contributed by atoms with Gasteiger partial charge in [-0.1, -0.05) is 15.9 Å². The molecule has 5 nitrogen and oxygen atoms in total. The number of halogens is 1. The normalized spacial score (nSPS) is 12.2. The Labute approximate surface area is 100 Å². The van der Waals surface area contributed by atoms with Gasteiger partial charge in [0.1, 0.15) is 0 Å². The molecule has 0 aromatic heterocycles. The molecule has 1 aromatic rings. The number of aromatic hydroxyl groups is 1.